The van der Waals surface area contributed by atoms with E-state index in [1.54, 1.807) is 36.5 Å². The number of anilines is 2. The Labute approximate surface area is 254 Å². The second kappa shape index (κ2) is 12.4. The Hall–Kier alpha value is -4.09. The molecule has 0 radical (unpaired) electrons. The molecular formula is C30H26BrClFN5O4. The molecule has 2 amide bonds. The third-order valence-corrected chi connectivity index (χ3v) is 8.11. The lowest BCUT2D eigenvalue weighted by Crippen LogP contribution is -2.29. The molecule has 0 fully saturated rings. The summed E-state index contributed by atoms with van der Waals surface area (Å²) in [6.45, 7) is 1.83. The second-order valence-corrected chi connectivity index (χ2v) is 11.2. The molecule has 9 nitrogen and oxygen atoms in total. The summed E-state index contributed by atoms with van der Waals surface area (Å²) in [6.07, 6.45) is 4.08. The molecule has 4 aromatic rings. The zero-order valence-corrected chi connectivity index (χ0v) is 25.0. The van der Waals surface area contributed by atoms with Crippen LogP contribution in [0.5, 0.6) is 0 Å². The Morgan fingerprint density at radius 3 is 2.71 bits per heavy atom. The molecule has 0 aliphatic carbocycles. The highest BCUT2D eigenvalue weighted by Gasteiger charge is 2.24. The van der Waals surface area contributed by atoms with E-state index in [9.17, 15) is 18.8 Å². The van der Waals surface area contributed by atoms with Crippen molar-refractivity contribution in [1.82, 2.24) is 14.8 Å². The van der Waals surface area contributed by atoms with E-state index in [4.69, 9.17) is 16.3 Å². The van der Waals surface area contributed by atoms with Gasteiger partial charge in [0.25, 0.3) is 5.56 Å². The smallest absolute Gasteiger partial charge is 0.411 e. The average molecular weight is 655 g/mol. The van der Waals surface area contributed by atoms with E-state index in [0.717, 1.165) is 5.56 Å². The van der Waals surface area contributed by atoms with Gasteiger partial charge in [-0.25, -0.2) is 13.9 Å². The van der Waals surface area contributed by atoms with Crippen molar-refractivity contribution in [2.75, 3.05) is 17.7 Å². The molecule has 0 spiro atoms. The topological polar surface area (TPSA) is 115 Å². The molecule has 2 unspecified atom stereocenters. The maximum atomic E-state index is 14.9. The second-order valence-electron chi connectivity index (χ2n) is 9.93. The zero-order chi connectivity index (χ0) is 30.0. The number of nitrogens with zero attached hydrogens (tertiary/aromatic N) is 3. The Kier molecular flexibility index (Phi) is 8.69. The molecule has 1 aliphatic rings. The number of fused-ring (bicyclic) bond motifs is 4. The molecule has 3 heterocycles. The van der Waals surface area contributed by atoms with E-state index in [0.29, 0.717) is 46.4 Å². The van der Waals surface area contributed by atoms with Gasteiger partial charge >= 0.3 is 6.09 Å². The van der Waals surface area contributed by atoms with E-state index < -0.39 is 23.5 Å². The number of rotatable bonds is 3. The fourth-order valence-electron chi connectivity index (χ4n) is 4.92. The summed E-state index contributed by atoms with van der Waals surface area (Å²) in [5.74, 6) is -1.16. The van der Waals surface area contributed by atoms with Crippen LogP contribution in [0.3, 0.4) is 0 Å². The Morgan fingerprint density at radius 2 is 1.95 bits per heavy atom. The SMILES string of the molecule is COC(=O)Nc1ccc2c(c1)NC(=O)C(C)CCCC(n1ncc(-c3c(Br)ccc(Cl)c3F)cc1=O)c1cc-2ccn1. The van der Waals surface area contributed by atoms with Gasteiger partial charge in [-0.05, 0) is 54.8 Å². The van der Waals surface area contributed by atoms with Gasteiger partial charge < -0.3 is 10.1 Å². The average Bonchev–Trinajstić information content (AvgIpc) is 2.97. The number of carbonyl (C=O) groups excluding carboxylic acids is 2. The van der Waals surface area contributed by atoms with Crippen LogP contribution < -0.4 is 16.2 Å². The molecule has 2 bridgehead atoms. The molecular weight excluding hydrogens is 629 g/mol. The summed E-state index contributed by atoms with van der Waals surface area (Å²) in [5, 5.41) is 9.98. The third kappa shape index (κ3) is 6.07. The number of hydrogen-bond acceptors (Lipinski definition) is 6. The predicted molar refractivity (Wildman–Crippen MR) is 162 cm³/mol. The van der Waals surface area contributed by atoms with E-state index in [-0.39, 0.29) is 28.0 Å². The van der Waals surface area contributed by atoms with Crippen LogP contribution in [0.4, 0.5) is 20.6 Å². The summed E-state index contributed by atoms with van der Waals surface area (Å²) >= 11 is 9.32. The number of methoxy groups -OCH3 is 1. The summed E-state index contributed by atoms with van der Waals surface area (Å²) in [7, 11) is 1.27. The molecule has 0 saturated carbocycles. The van der Waals surface area contributed by atoms with Crippen LogP contribution in [0.2, 0.25) is 5.02 Å². The van der Waals surface area contributed by atoms with Gasteiger partial charge in [-0.15, -0.1) is 0 Å². The highest BCUT2D eigenvalue weighted by Crippen LogP contribution is 2.36. The summed E-state index contributed by atoms with van der Waals surface area (Å²) in [6, 6.07) is 12.6. The van der Waals surface area contributed by atoms with E-state index in [1.807, 2.05) is 13.0 Å². The van der Waals surface area contributed by atoms with Crippen molar-refractivity contribution < 1.29 is 18.7 Å². The minimum atomic E-state index is -0.652. The van der Waals surface area contributed by atoms with Gasteiger partial charge in [0.15, 0.2) is 5.82 Å². The van der Waals surface area contributed by atoms with Crippen molar-refractivity contribution in [3.05, 3.63) is 92.3 Å². The van der Waals surface area contributed by atoms with Crippen LogP contribution in [-0.4, -0.2) is 33.9 Å². The molecule has 12 heteroatoms. The van der Waals surface area contributed by atoms with Gasteiger partial charge in [0.2, 0.25) is 5.91 Å². The van der Waals surface area contributed by atoms with E-state index in [1.165, 1.54) is 30.1 Å². The number of ether oxygens (including phenoxy) is 1. The van der Waals surface area contributed by atoms with Crippen molar-refractivity contribution in [2.24, 2.45) is 5.92 Å². The Bertz CT molecular complexity index is 1750. The molecule has 2 atom stereocenters. The monoisotopic (exact) mass is 653 g/mol. The van der Waals surface area contributed by atoms with Gasteiger partial charge in [-0.3, -0.25) is 19.9 Å². The minimum absolute atomic E-state index is 0.0654. The summed E-state index contributed by atoms with van der Waals surface area (Å²) in [4.78, 5) is 42.9. The molecule has 5 rings (SSSR count). The molecule has 42 heavy (non-hydrogen) atoms. The van der Waals surface area contributed by atoms with Gasteiger partial charge in [-0.2, -0.15) is 5.10 Å². The lowest BCUT2D eigenvalue weighted by molar-refractivity contribution is -0.119. The standard InChI is InChI=1S/C30H26BrClFN5O4/c1-16-4-3-5-25(38-26(39)13-18(15-35-38)27-21(31)8-9-22(32)28(27)33)24-12-17(10-11-34-24)20-7-6-19(36-30(41)42-2)14-23(20)37-29(16)40/h6-16,25H,3-5H2,1-2H3,(H,36,41)(H,37,40). The van der Waals surface area contributed by atoms with Gasteiger partial charge in [0.05, 0.1) is 35.8 Å². The first-order valence-corrected chi connectivity index (χ1v) is 14.3. The number of nitrogens with one attached hydrogen (secondary N) is 2. The largest absolute Gasteiger partial charge is 0.453 e. The zero-order valence-electron chi connectivity index (χ0n) is 22.7. The lowest BCUT2D eigenvalue weighted by Gasteiger charge is -2.22. The fourth-order valence-corrected chi connectivity index (χ4v) is 5.62. The van der Waals surface area contributed by atoms with E-state index in [2.05, 4.69) is 36.6 Å². The minimum Gasteiger partial charge on any atom is -0.453 e. The maximum absolute atomic E-state index is 14.9. The van der Waals surface area contributed by atoms with Crippen LogP contribution in [0.1, 0.15) is 37.9 Å². The van der Waals surface area contributed by atoms with Crippen molar-refractivity contribution in [2.45, 2.75) is 32.2 Å². The molecule has 216 valence electrons. The predicted octanol–water partition coefficient (Wildman–Crippen LogP) is 7.05. The third-order valence-electron chi connectivity index (χ3n) is 7.16. The van der Waals surface area contributed by atoms with Crippen LogP contribution in [0.15, 0.2) is 70.2 Å². The Balaban J connectivity index is 1.59. The van der Waals surface area contributed by atoms with Crippen LogP contribution in [0.25, 0.3) is 22.3 Å². The molecule has 1 aliphatic heterocycles. The van der Waals surface area contributed by atoms with E-state index >= 15 is 0 Å². The summed E-state index contributed by atoms with van der Waals surface area (Å²) in [5.41, 5.74) is 3.00. The quantitative estimate of drug-likeness (QED) is 0.229. The molecule has 0 saturated heterocycles. The lowest BCUT2D eigenvalue weighted by atomic mass is 9.95. The molecule has 2 aromatic heterocycles. The van der Waals surface area contributed by atoms with Crippen molar-refractivity contribution in [1.29, 1.82) is 0 Å². The number of hydrogen-bond donors (Lipinski definition) is 2. The van der Waals surface area contributed by atoms with Crippen molar-refractivity contribution in [3.63, 3.8) is 0 Å². The highest BCUT2D eigenvalue weighted by molar-refractivity contribution is 9.10. The number of pyridine rings is 1. The van der Waals surface area contributed by atoms with Crippen LogP contribution in [0, 0.1) is 11.7 Å². The number of amides is 2. The van der Waals surface area contributed by atoms with Crippen molar-refractivity contribution >= 4 is 50.9 Å². The first kappa shape index (κ1) is 29.4. The highest BCUT2D eigenvalue weighted by atomic mass is 79.9. The first-order chi connectivity index (χ1) is 20.2. The normalized spacial score (nSPS) is 16.8. The number of aromatic nitrogens is 3. The molecule has 2 N–H and O–H groups in total. The summed E-state index contributed by atoms with van der Waals surface area (Å²) < 4.78 is 21.3. The first-order valence-electron chi connectivity index (χ1n) is 13.1. The maximum Gasteiger partial charge on any atom is 0.411 e. The molecule has 2 aromatic carbocycles. The Morgan fingerprint density at radius 1 is 1.14 bits per heavy atom. The van der Waals surface area contributed by atoms with Crippen LogP contribution >= 0.6 is 27.5 Å². The number of benzene rings is 2. The van der Waals surface area contributed by atoms with Crippen molar-refractivity contribution in [3.8, 4) is 22.3 Å². The van der Waals surface area contributed by atoms with Gasteiger partial charge in [-0.1, -0.05) is 46.9 Å². The fraction of sp³-hybridized carbons (Fsp3) is 0.233. The number of halogens is 3. The number of carbonyl (C=O) groups is 2. The van der Waals surface area contributed by atoms with Gasteiger partial charge in [0, 0.05) is 45.0 Å². The van der Waals surface area contributed by atoms with Crippen LogP contribution in [-0.2, 0) is 9.53 Å². The van der Waals surface area contributed by atoms with Gasteiger partial charge in [0.1, 0.15) is 0 Å².